The molecule has 0 fully saturated rings. The number of hydrogen-bond donors (Lipinski definition) is 1. The second kappa shape index (κ2) is 7.17. The van der Waals surface area contributed by atoms with Crippen molar-refractivity contribution in [3.05, 3.63) is 35.7 Å². The van der Waals surface area contributed by atoms with Crippen LogP contribution < -0.4 is 19.5 Å². The summed E-state index contributed by atoms with van der Waals surface area (Å²) in [6.45, 7) is 2.79. The quantitative estimate of drug-likeness (QED) is 0.850. The third-order valence-electron chi connectivity index (χ3n) is 3.56. The minimum atomic E-state index is 0.202. The highest BCUT2D eigenvalue weighted by Gasteiger charge is 2.14. The molecule has 1 aromatic heterocycles. The molecule has 1 atom stereocenters. The first kappa shape index (κ1) is 16.2. The van der Waals surface area contributed by atoms with Crippen molar-refractivity contribution in [3.63, 3.8) is 0 Å². The van der Waals surface area contributed by atoms with Gasteiger partial charge in [-0.1, -0.05) is 0 Å². The van der Waals surface area contributed by atoms with E-state index in [4.69, 9.17) is 14.2 Å². The summed E-state index contributed by atoms with van der Waals surface area (Å²) < 4.78 is 17.9. The molecule has 1 N–H and O–H groups in total. The van der Waals surface area contributed by atoms with E-state index >= 15 is 0 Å². The molecular weight excluding hydrogens is 282 g/mol. The molecule has 0 aliphatic carbocycles. The Labute approximate surface area is 131 Å². The number of nitrogens with one attached hydrogen (secondary N) is 1. The summed E-state index contributed by atoms with van der Waals surface area (Å²) in [6.07, 6.45) is 3.87. The van der Waals surface area contributed by atoms with Gasteiger partial charge in [0.1, 0.15) is 0 Å². The molecule has 120 valence electrons. The van der Waals surface area contributed by atoms with E-state index in [1.165, 1.54) is 0 Å². The van der Waals surface area contributed by atoms with Crippen molar-refractivity contribution >= 4 is 0 Å². The van der Waals surface area contributed by atoms with E-state index in [0.717, 1.165) is 11.1 Å². The number of methoxy groups -OCH3 is 3. The largest absolute Gasteiger partial charge is 0.493 e. The van der Waals surface area contributed by atoms with Crippen LogP contribution in [-0.4, -0.2) is 31.1 Å². The first-order valence-electron chi connectivity index (χ1n) is 7.09. The Hall–Kier alpha value is -2.21. The minimum Gasteiger partial charge on any atom is -0.493 e. The molecule has 0 radical (unpaired) electrons. The van der Waals surface area contributed by atoms with E-state index in [2.05, 4.69) is 17.3 Å². The maximum Gasteiger partial charge on any atom is 0.203 e. The number of hydrogen-bond acceptors (Lipinski definition) is 5. The predicted octanol–water partition coefficient (Wildman–Crippen LogP) is 2.30. The lowest BCUT2D eigenvalue weighted by atomic mass is 10.1. The van der Waals surface area contributed by atoms with Gasteiger partial charge in [0.25, 0.3) is 0 Å². The molecule has 0 amide bonds. The standard InChI is InChI=1S/C16H23N3O3/c1-11(13-9-18-19(2)10-13)17-8-12-6-14(20-3)16(22-5)15(7-12)21-4/h6-7,9-11,17H,8H2,1-5H3. The van der Waals surface area contributed by atoms with Crippen molar-refractivity contribution in [1.82, 2.24) is 15.1 Å². The summed E-state index contributed by atoms with van der Waals surface area (Å²) in [5, 5.41) is 7.65. The average Bonchev–Trinajstić information content (AvgIpc) is 2.97. The van der Waals surface area contributed by atoms with E-state index in [-0.39, 0.29) is 6.04 Å². The van der Waals surface area contributed by atoms with Gasteiger partial charge in [-0.05, 0) is 24.6 Å². The van der Waals surface area contributed by atoms with E-state index in [0.29, 0.717) is 23.8 Å². The van der Waals surface area contributed by atoms with Crippen molar-refractivity contribution in [3.8, 4) is 17.2 Å². The molecule has 0 aliphatic heterocycles. The van der Waals surface area contributed by atoms with Crippen LogP contribution in [0.5, 0.6) is 17.2 Å². The first-order chi connectivity index (χ1) is 10.6. The lowest BCUT2D eigenvalue weighted by molar-refractivity contribution is 0.323. The van der Waals surface area contributed by atoms with Gasteiger partial charge in [-0.15, -0.1) is 0 Å². The summed E-state index contributed by atoms with van der Waals surface area (Å²) >= 11 is 0. The van der Waals surface area contributed by atoms with Gasteiger partial charge < -0.3 is 19.5 Å². The summed E-state index contributed by atoms with van der Waals surface area (Å²) in [7, 11) is 6.75. The number of benzene rings is 1. The summed E-state index contributed by atoms with van der Waals surface area (Å²) in [4.78, 5) is 0. The molecule has 0 aliphatic rings. The van der Waals surface area contributed by atoms with Gasteiger partial charge in [-0.3, -0.25) is 4.68 Å². The molecule has 6 heteroatoms. The zero-order valence-electron chi connectivity index (χ0n) is 13.7. The van der Waals surface area contributed by atoms with Crippen LogP contribution in [-0.2, 0) is 13.6 Å². The van der Waals surface area contributed by atoms with Crippen LogP contribution in [0.3, 0.4) is 0 Å². The summed E-state index contributed by atoms with van der Waals surface area (Å²) in [5.74, 6) is 1.93. The smallest absolute Gasteiger partial charge is 0.203 e. The third kappa shape index (κ3) is 3.51. The molecule has 1 unspecified atom stereocenters. The molecule has 6 nitrogen and oxygen atoms in total. The fourth-order valence-electron chi connectivity index (χ4n) is 2.29. The number of rotatable bonds is 7. The normalized spacial score (nSPS) is 12.0. The maximum absolute atomic E-state index is 5.37. The Morgan fingerprint density at radius 2 is 1.77 bits per heavy atom. The zero-order chi connectivity index (χ0) is 16.1. The van der Waals surface area contributed by atoms with Crippen molar-refractivity contribution in [2.24, 2.45) is 7.05 Å². The molecule has 2 aromatic rings. The summed E-state index contributed by atoms with van der Waals surface area (Å²) in [5.41, 5.74) is 2.21. The van der Waals surface area contributed by atoms with E-state index < -0.39 is 0 Å². The van der Waals surface area contributed by atoms with E-state index in [9.17, 15) is 0 Å². The molecule has 2 rings (SSSR count). The highest BCUT2D eigenvalue weighted by molar-refractivity contribution is 5.53. The van der Waals surface area contributed by atoms with Gasteiger partial charge in [0.05, 0.1) is 27.5 Å². The van der Waals surface area contributed by atoms with Crippen LogP contribution in [0.15, 0.2) is 24.5 Å². The van der Waals surface area contributed by atoms with Crippen LogP contribution >= 0.6 is 0 Å². The number of nitrogens with zero attached hydrogens (tertiary/aromatic N) is 2. The maximum atomic E-state index is 5.37. The topological polar surface area (TPSA) is 57.5 Å². The molecule has 0 saturated carbocycles. The molecule has 1 aromatic carbocycles. The molecule has 0 spiro atoms. The number of ether oxygens (including phenoxy) is 3. The Morgan fingerprint density at radius 1 is 1.14 bits per heavy atom. The Morgan fingerprint density at radius 3 is 2.23 bits per heavy atom. The molecule has 0 saturated heterocycles. The highest BCUT2D eigenvalue weighted by Crippen LogP contribution is 2.38. The van der Waals surface area contributed by atoms with Crippen LogP contribution in [0.25, 0.3) is 0 Å². The van der Waals surface area contributed by atoms with E-state index in [1.54, 1.807) is 26.0 Å². The van der Waals surface area contributed by atoms with Crippen molar-refractivity contribution < 1.29 is 14.2 Å². The monoisotopic (exact) mass is 305 g/mol. The van der Waals surface area contributed by atoms with Gasteiger partial charge in [-0.25, -0.2) is 0 Å². The van der Waals surface area contributed by atoms with Crippen LogP contribution in [0.4, 0.5) is 0 Å². The highest BCUT2D eigenvalue weighted by atomic mass is 16.5. The second-order valence-electron chi connectivity index (χ2n) is 5.08. The summed E-state index contributed by atoms with van der Waals surface area (Å²) in [6, 6.07) is 4.10. The second-order valence-corrected chi connectivity index (χ2v) is 5.08. The van der Waals surface area contributed by atoms with Gasteiger partial charge in [0.15, 0.2) is 11.5 Å². The first-order valence-corrected chi connectivity index (χ1v) is 7.09. The minimum absolute atomic E-state index is 0.202. The predicted molar refractivity (Wildman–Crippen MR) is 84.6 cm³/mol. The average molecular weight is 305 g/mol. The van der Waals surface area contributed by atoms with Crippen molar-refractivity contribution in [1.29, 1.82) is 0 Å². The van der Waals surface area contributed by atoms with Crippen molar-refractivity contribution in [2.75, 3.05) is 21.3 Å². The van der Waals surface area contributed by atoms with Crippen LogP contribution in [0.2, 0.25) is 0 Å². The fraction of sp³-hybridized carbons (Fsp3) is 0.438. The van der Waals surface area contributed by atoms with Gasteiger partial charge in [-0.2, -0.15) is 5.10 Å². The molecular formula is C16H23N3O3. The van der Waals surface area contributed by atoms with Gasteiger partial charge >= 0.3 is 0 Å². The Bertz CT molecular complexity index is 600. The lowest BCUT2D eigenvalue weighted by Crippen LogP contribution is -2.17. The van der Waals surface area contributed by atoms with Gasteiger partial charge in [0.2, 0.25) is 5.75 Å². The van der Waals surface area contributed by atoms with Crippen LogP contribution in [0, 0.1) is 0 Å². The third-order valence-corrected chi connectivity index (χ3v) is 3.56. The molecule has 0 bridgehead atoms. The Kier molecular flexibility index (Phi) is 5.27. The zero-order valence-corrected chi connectivity index (χ0v) is 13.7. The van der Waals surface area contributed by atoms with E-state index in [1.807, 2.05) is 31.6 Å². The Balaban J connectivity index is 2.12. The van der Waals surface area contributed by atoms with Crippen LogP contribution in [0.1, 0.15) is 24.1 Å². The fourth-order valence-corrected chi connectivity index (χ4v) is 2.29. The number of aryl methyl sites for hydroxylation is 1. The molecule has 1 heterocycles. The van der Waals surface area contributed by atoms with Gasteiger partial charge in [0, 0.05) is 31.4 Å². The molecule has 22 heavy (non-hydrogen) atoms. The SMILES string of the molecule is COc1cc(CNC(C)c2cnn(C)c2)cc(OC)c1OC. The van der Waals surface area contributed by atoms with Crippen molar-refractivity contribution in [2.45, 2.75) is 19.5 Å². The number of aromatic nitrogens is 2. The lowest BCUT2D eigenvalue weighted by Gasteiger charge is -2.16.